The van der Waals surface area contributed by atoms with Crippen molar-refractivity contribution in [2.24, 2.45) is 0 Å². The lowest BCUT2D eigenvalue weighted by Gasteiger charge is -1.98. The normalized spacial score (nSPS) is 10.8. The Kier molecular flexibility index (Phi) is 4.29. The van der Waals surface area contributed by atoms with E-state index in [9.17, 15) is 4.79 Å². The molecule has 0 atom stereocenters. The molecule has 8 heteroatoms. The van der Waals surface area contributed by atoms with Gasteiger partial charge in [0.05, 0.1) is 18.3 Å². The molecule has 1 N–H and O–H groups in total. The van der Waals surface area contributed by atoms with Gasteiger partial charge in [-0.25, -0.2) is 0 Å². The van der Waals surface area contributed by atoms with E-state index in [1.54, 1.807) is 22.2 Å². The average Bonchev–Trinajstić information content (AvgIpc) is 3.27. The fourth-order valence-electron chi connectivity index (χ4n) is 1.91. The zero-order valence-corrected chi connectivity index (χ0v) is 12.8. The van der Waals surface area contributed by atoms with Crippen molar-refractivity contribution in [3.05, 3.63) is 52.1 Å². The van der Waals surface area contributed by atoms with Crippen LogP contribution in [0.15, 0.2) is 34.4 Å². The number of aromatic nitrogens is 4. The van der Waals surface area contributed by atoms with Crippen molar-refractivity contribution in [3.8, 4) is 0 Å². The molecule has 0 saturated heterocycles. The molecule has 0 saturated carbocycles. The van der Waals surface area contributed by atoms with Crippen LogP contribution in [0, 0.1) is 0 Å². The second kappa shape index (κ2) is 6.52. The fraction of sp³-hybridized carbons (Fsp3) is 0.286. The summed E-state index contributed by atoms with van der Waals surface area (Å²) in [6, 6.07) is 4.01. The summed E-state index contributed by atoms with van der Waals surface area (Å²) in [5.41, 5.74) is 0.514. The van der Waals surface area contributed by atoms with Gasteiger partial charge in [0.25, 0.3) is 5.91 Å². The SMILES string of the molecule is CCn1cc(C(=O)NCc2nc(Cc3cccs3)no2)cn1. The lowest BCUT2D eigenvalue weighted by atomic mass is 10.3. The van der Waals surface area contributed by atoms with Crippen molar-refractivity contribution in [2.75, 3.05) is 0 Å². The Morgan fingerprint density at radius 2 is 2.41 bits per heavy atom. The number of nitrogens with one attached hydrogen (secondary N) is 1. The summed E-state index contributed by atoms with van der Waals surface area (Å²) in [5, 5.41) is 12.7. The Morgan fingerprint density at radius 1 is 1.50 bits per heavy atom. The van der Waals surface area contributed by atoms with Crippen LogP contribution in [0.5, 0.6) is 0 Å². The third-order valence-electron chi connectivity index (χ3n) is 3.04. The largest absolute Gasteiger partial charge is 0.343 e. The van der Waals surface area contributed by atoms with E-state index in [1.165, 1.54) is 11.1 Å². The van der Waals surface area contributed by atoms with Crippen molar-refractivity contribution in [1.29, 1.82) is 0 Å². The van der Waals surface area contributed by atoms with Crippen LogP contribution in [0.3, 0.4) is 0 Å². The summed E-state index contributed by atoms with van der Waals surface area (Å²) in [7, 11) is 0. The number of thiophene rings is 1. The van der Waals surface area contributed by atoms with E-state index in [2.05, 4.69) is 20.6 Å². The van der Waals surface area contributed by atoms with Gasteiger partial charge in [-0.15, -0.1) is 11.3 Å². The summed E-state index contributed by atoms with van der Waals surface area (Å²) >= 11 is 1.65. The molecule has 0 aromatic carbocycles. The summed E-state index contributed by atoms with van der Waals surface area (Å²) in [5.74, 6) is 0.797. The first-order chi connectivity index (χ1) is 10.7. The van der Waals surface area contributed by atoms with Gasteiger partial charge in [0.1, 0.15) is 0 Å². The summed E-state index contributed by atoms with van der Waals surface area (Å²) in [6.07, 6.45) is 3.87. The highest BCUT2D eigenvalue weighted by atomic mass is 32.1. The van der Waals surface area contributed by atoms with E-state index in [4.69, 9.17) is 4.52 Å². The molecule has 0 bridgehead atoms. The molecule has 3 aromatic heterocycles. The van der Waals surface area contributed by atoms with E-state index in [-0.39, 0.29) is 12.5 Å². The van der Waals surface area contributed by atoms with E-state index in [1.807, 2.05) is 24.4 Å². The number of aryl methyl sites for hydroxylation is 1. The molecule has 3 aromatic rings. The highest BCUT2D eigenvalue weighted by Crippen LogP contribution is 2.12. The van der Waals surface area contributed by atoms with Crippen LogP contribution in [0.1, 0.15) is 33.9 Å². The number of carbonyl (C=O) groups is 1. The maximum atomic E-state index is 12.0. The Morgan fingerprint density at radius 3 is 3.14 bits per heavy atom. The van der Waals surface area contributed by atoms with E-state index < -0.39 is 0 Å². The highest BCUT2D eigenvalue weighted by Gasteiger charge is 2.11. The first-order valence-electron chi connectivity index (χ1n) is 6.89. The lowest BCUT2D eigenvalue weighted by molar-refractivity contribution is 0.0946. The fourth-order valence-corrected chi connectivity index (χ4v) is 2.62. The maximum absolute atomic E-state index is 12.0. The van der Waals surface area contributed by atoms with Gasteiger partial charge in [-0.3, -0.25) is 9.48 Å². The molecule has 3 heterocycles. The number of carbonyl (C=O) groups excluding carboxylic acids is 1. The van der Waals surface area contributed by atoms with E-state index in [0.29, 0.717) is 23.7 Å². The molecular formula is C14H15N5O2S. The van der Waals surface area contributed by atoms with Gasteiger partial charge in [0.15, 0.2) is 5.82 Å². The van der Waals surface area contributed by atoms with Gasteiger partial charge >= 0.3 is 0 Å². The monoisotopic (exact) mass is 317 g/mol. The molecule has 0 unspecified atom stereocenters. The Hall–Kier alpha value is -2.48. The van der Waals surface area contributed by atoms with Gasteiger partial charge in [0.2, 0.25) is 5.89 Å². The second-order valence-corrected chi connectivity index (χ2v) is 5.66. The number of amides is 1. The van der Waals surface area contributed by atoms with Gasteiger partial charge in [-0.2, -0.15) is 10.1 Å². The van der Waals surface area contributed by atoms with E-state index >= 15 is 0 Å². The average molecular weight is 317 g/mol. The van der Waals surface area contributed by atoms with Gasteiger partial charge < -0.3 is 9.84 Å². The molecule has 0 fully saturated rings. The van der Waals surface area contributed by atoms with Crippen molar-refractivity contribution in [2.45, 2.75) is 26.4 Å². The van der Waals surface area contributed by atoms with Crippen LogP contribution in [0.25, 0.3) is 0 Å². The van der Waals surface area contributed by atoms with Crippen molar-refractivity contribution in [1.82, 2.24) is 25.2 Å². The molecule has 0 radical (unpaired) electrons. The molecular weight excluding hydrogens is 302 g/mol. The van der Waals surface area contributed by atoms with Crippen LogP contribution < -0.4 is 5.32 Å². The van der Waals surface area contributed by atoms with E-state index in [0.717, 1.165) is 6.54 Å². The molecule has 3 rings (SSSR count). The van der Waals surface area contributed by atoms with Crippen LogP contribution >= 0.6 is 11.3 Å². The third-order valence-corrected chi connectivity index (χ3v) is 3.92. The van der Waals surface area contributed by atoms with Gasteiger partial charge in [-0.1, -0.05) is 11.2 Å². The standard InChI is InChI=1S/C14H15N5O2S/c1-2-19-9-10(7-16-19)14(20)15-8-13-17-12(18-21-13)6-11-4-3-5-22-11/h3-5,7,9H,2,6,8H2,1H3,(H,15,20). The molecule has 0 aliphatic carbocycles. The minimum absolute atomic E-state index is 0.202. The van der Waals surface area contributed by atoms with Crippen LogP contribution in [-0.4, -0.2) is 25.8 Å². The van der Waals surface area contributed by atoms with Gasteiger partial charge in [-0.05, 0) is 18.4 Å². The zero-order chi connectivity index (χ0) is 15.4. The lowest BCUT2D eigenvalue weighted by Crippen LogP contribution is -2.22. The van der Waals surface area contributed by atoms with Crippen LogP contribution in [0.4, 0.5) is 0 Å². The first kappa shape index (κ1) is 14.5. The van der Waals surface area contributed by atoms with Crippen LogP contribution in [0.2, 0.25) is 0 Å². The topological polar surface area (TPSA) is 85.8 Å². The summed E-state index contributed by atoms with van der Waals surface area (Å²) in [6.45, 7) is 2.89. The minimum atomic E-state index is -0.210. The molecule has 7 nitrogen and oxygen atoms in total. The molecule has 0 aliphatic heterocycles. The number of nitrogens with zero attached hydrogens (tertiary/aromatic N) is 4. The van der Waals surface area contributed by atoms with Crippen LogP contribution in [-0.2, 0) is 19.5 Å². The van der Waals surface area contributed by atoms with Crippen molar-refractivity contribution >= 4 is 17.2 Å². The second-order valence-electron chi connectivity index (χ2n) is 4.63. The van der Waals surface area contributed by atoms with Crippen molar-refractivity contribution < 1.29 is 9.32 Å². The number of hydrogen-bond acceptors (Lipinski definition) is 6. The quantitative estimate of drug-likeness (QED) is 0.750. The Labute approximate surface area is 131 Å². The predicted molar refractivity (Wildman–Crippen MR) is 80.5 cm³/mol. The minimum Gasteiger partial charge on any atom is -0.343 e. The molecule has 0 aliphatic rings. The Balaban J connectivity index is 1.55. The third kappa shape index (κ3) is 3.40. The van der Waals surface area contributed by atoms with Gasteiger partial charge in [0, 0.05) is 24.0 Å². The molecule has 114 valence electrons. The summed E-state index contributed by atoms with van der Waals surface area (Å²) < 4.78 is 6.83. The molecule has 1 amide bonds. The first-order valence-corrected chi connectivity index (χ1v) is 7.77. The predicted octanol–water partition coefficient (Wildman–Crippen LogP) is 1.87. The van der Waals surface area contributed by atoms with Crippen molar-refractivity contribution in [3.63, 3.8) is 0 Å². The Bertz CT molecular complexity index is 747. The smallest absolute Gasteiger partial charge is 0.254 e. The highest BCUT2D eigenvalue weighted by molar-refractivity contribution is 7.09. The zero-order valence-electron chi connectivity index (χ0n) is 12.0. The number of hydrogen-bond donors (Lipinski definition) is 1. The summed E-state index contributed by atoms with van der Waals surface area (Å²) in [4.78, 5) is 17.4. The number of rotatable bonds is 6. The maximum Gasteiger partial charge on any atom is 0.254 e. The molecule has 22 heavy (non-hydrogen) atoms. The molecule has 0 spiro atoms.